The lowest BCUT2D eigenvalue weighted by Gasteiger charge is -2.23. The van der Waals surface area contributed by atoms with Crippen molar-refractivity contribution in [2.75, 3.05) is 60.0 Å². The highest BCUT2D eigenvalue weighted by atomic mass is 16.5. The first kappa shape index (κ1) is 20.7. The van der Waals surface area contributed by atoms with Gasteiger partial charge in [0.2, 0.25) is 11.8 Å². The number of carbonyl (C=O) groups is 3. The van der Waals surface area contributed by atoms with Gasteiger partial charge in [0.05, 0.1) is 13.1 Å². The average Bonchev–Trinajstić information content (AvgIpc) is 2.90. The van der Waals surface area contributed by atoms with Gasteiger partial charge in [-0.1, -0.05) is 18.2 Å². The molecule has 1 aromatic carbocycles. The molecule has 0 radical (unpaired) electrons. The Hall–Kier alpha value is -2.61. The molecule has 0 spiro atoms. The van der Waals surface area contributed by atoms with Crippen molar-refractivity contribution < 1.29 is 19.1 Å². The number of likely N-dealkylation sites (N-methyl/N-ethyl adjacent to an activating group) is 1. The maximum atomic E-state index is 12.3. The van der Waals surface area contributed by atoms with Crippen molar-refractivity contribution in [3.8, 4) is 5.75 Å². The molecule has 0 atom stereocenters. The van der Waals surface area contributed by atoms with Crippen LogP contribution < -0.4 is 10.1 Å². The molecule has 1 fully saturated rings. The highest BCUT2D eigenvalue weighted by Crippen LogP contribution is 2.07. The Kier molecular flexibility index (Phi) is 8.06. The van der Waals surface area contributed by atoms with Gasteiger partial charge in [0.25, 0.3) is 5.91 Å². The molecule has 0 aromatic heterocycles. The largest absolute Gasteiger partial charge is 0.484 e. The molecule has 0 saturated carbocycles. The minimum Gasteiger partial charge on any atom is -0.484 e. The molecule has 2 rings (SSSR count). The first-order valence-electron chi connectivity index (χ1n) is 9.10. The predicted octanol–water partition coefficient (Wildman–Crippen LogP) is -0.196. The smallest absolute Gasteiger partial charge is 0.258 e. The Bertz CT molecular complexity index is 636. The maximum Gasteiger partial charge on any atom is 0.258 e. The van der Waals surface area contributed by atoms with Gasteiger partial charge < -0.3 is 19.9 Å². The lowest BCUT2D eigenvalue weighted by atomic mass is 10.3. The average molecular weight is 376 g/mol. The van der Waals surface area contributed by atoms with Crippen molar-refractivity contribution >= 4 is 17.7 Å². The van der Waals surface area contributed by atoms with Crippen LogP contribution in [0.4, 0.5) is 0 Å². The van der Waals surface area contributed by atoms with Gasteiger partial charge in [0, 0.05) is 40.3 Å². The van der Waals surface area contributed by atoms with E-state index in [-0.39, 0.29) is 30.9 Å². The van der Waals surface area contributed by atoms with Crippen LogP contribution in [0.2, 0.25) is 0 Å². The molecule has 27 heavy (non-hydrogen) atoms. The van der Waals surface area contributed by atoms with Crippen molar-refractivity contribution in [3.05, 3.63) is 30.3 Å². The summed E-state index contributed by atoms with van der Waals surface area (Å²) in [6.07, 6.45) is 0.803. The molecule has 1 heterocycles. The molecule has 1 aliphatic rings. The standard InChI is InChI=1S/C19H28N4O4/c1-21(2)19(26)14-22-9-6-10-23(12-11-22)18(25)13-20-17(24)15-27-16-7-4-3-5-8-16/h3-5,7-8H,6,9-15H2,1-2H3,(H,20,24). The number of para-hydroxylation sites is 1. The minimum atomic E-state index is -0.333. The van der Waals surface area contributed by atoms with Crippen molar-refractivity contribution in [2.45, 2.75) is 6.42 Å². The number of rotatable bonds is 7. The van der Waals surface area contributed by atoms with E-state index in [4.69, 9.17) is 4.74 Å². The number of nitrogens with one attached hydrogen (secondary N) is 1. The molecule has 0 bridgehead atoms. The molecule has 1 aromatic rings. The van der Waals surface area contributed by atoms with Gasteiger partial charge in [-0.25, -0.2) is 0 Å². The fourth-order valence-electron chi connectivity index (χ4n) is 2.71. The molecular weight excluding hydrogens is 348 g/mol. The molecule has 1 aliphatic heterocycles. The van der Waals surface area contributed by atoms with E-state index >= 15 is 0 Å². The second kappa shape index (κ2) is 10.5. The van der Waals surface area contributed by atoms with Gasteiger partial charge in [-0.15, -0.1) is 0 Å². The van der Waals surface area contributed by atoms with E-state index in [2.05, 4.69) is 10.2 Å². The monoisotopic (exact) mass is 376 g/mol. The van der Waals surface area contributed by atoms with E-state index < -0.39 is 0 Å². The van der Waals surface area contributed by atoms with E-state index in [1.165, 1.54) is 0 Å². The fraction of sp³-hybridized carbons (Fsp3) is 0.526. The number of benzene rings is 1. The molecule has 0 aliphatic carbocycles. The summed E-state index contributed by atoms with van der Waals surface area (Å²) in [5, 5.41) is 2.60. The molecule has 0 unspecified atom stereocenters. The number of hydrogen-bond donors (Lipinski definition) is 1. The van der Waals surface area contributed by atoms with Gasteiger partial charge >= 0.3 is 0 Å². The summed E-state index contributed by atoms with van der Waals surface area (Å²) in [6, 6.07) is 9.05. The SMILES string of the molecule is CN(C)C(=O)CN1CCCN(C(=O)CNC(=O)COc2ccccc2)CC1. The lowest BCUT2D eigenvalue weighted by molar-refractivity contribution is -0.133. The Labute approximate surface area is 160 Å². The van der Waals surface area contributed by atoms with Crippen molar-refractivity contribution in [1.29, 1.82) is 0 Å². The zero-order valence-corrected chi connectivity index (χ0v) is 16.0. The molecule has 8 nitrogen and oxygen atoms in total. The first-order chi connectivity index (χ1) is 13.0. The van der Waals surface area contributed by atoms with Gasteiger partial charge in [0.15, 0.2) is 6.61 Å². The molecular formula is C19H28N4O4. The van der Waals surface area contributed by atoms with Crippen molar-refractivity contribution in [2.24, 2.45) is 0 Å². The number of ether oxygens (including phenoxy) is 1. The molecule has 3 amide bonds. The highest BCUT2D eigenvalue weighted by molar-refractivity contribution is 5.85. The van der Waals surface area contributed by atoms with Crippen LogP contribution in [-0.2, 0) is 14.4 Å². The Balaban J connectivity index is 1.69. The molecule has 1 N–H and O–H groups in total. The third-order valence-corrected chi connectivity index (χ3v) is 4.35. The number of nitrogens with zero attached hydrogens (tertiary/aromatic N) is 3. The Morgan fingerprint density at radius 3 is 2.52 bits per heavy atom. The summed E-state index contributed by atoms with van der Waals surface area (Å²) in [7, 11) is 3.47. The normalized spacial score (nSPS) is 15.0. The van der Waals surface area contributed by atoms with Crippen LogP contribution in [0.25, 0.3) is 0 Å². The summed E-state index contributed by atoms with van der Waals surface area (Å²) in [4.78, 5) is 41.4. The second-order valence-corrected chi connectivity index (χ2v) is 6.68. The van der Waals surface area contributed by atoms with Crippen LogP contribution >= 0.6 is 0 Å². The summed E-state index contributed by atoms with van der Waals surface area (Å²) in [5.41, 5.74) is 0. The van der Waals surface area contributed by atoms with Gasteiger partial charge in [-0.05, 0) is 18.6 Å². The van der Waals surface area contributed by atoms with Crippen molar-refractivity contribution in [3.63, 3.8) is 0 Å². The molecule has 1 saturated heterocycles. The third kappa shape index (κ3) is 7.26. The third-order valence-electron chi connectivity index (χ3n) is 4.35. The number of carbonyl (C=O) groups excluding carboxylic acids is 3. The minimum absolute atomic E-state index is 0.0480. The fourth-order valence-corrected chi connectivity index (χ4v) is 2.71. The quantitative estimate of drug-likeness (QED) is 0.713. The number of hydrogen-bond acceptors (Lipinski definition) is 5. The van der Waals surface area contributed by atoms with Gasteiger partial charge in [0.1, 0.15) is 5.75 Å². The summed E-state index contributed by atoms with van der Waals surface area (Å²) in [6.45, 7) is 2.79. The van der Waals surface area contributed by atoms with Gasteiger partial charge in [-0.2, -0.15) is 0 Å². The highest BCUT2D eigenvalue weighted by Gasteiger charge is 2.21. The first-order valence-corrected chi connectivity index (χ1v) is 9.10. The van der Waals surface area contributed by atoms with Crippen LogP contribution in [0.3, 0.4) is 0 Å². The van der Waals surface area contributed by atoms with E-state index in [0.29, 0.717) is 31.9 Å². The zero-order chi connectivity index (χ0) is 19.6. The van der Waals surface area contributed by atoms with Gasteiger partial charge in [-0.3, -0.25) is 19.3 Å². The molecule has 148 valence electrons. The maximum absolute atomic E-state index is 12.3. The van der Waals surface area contributed by atoms with Crippen LogP contribution in [0.1, 0.15) is 6.42 Å². The van der Waals surface area contributed by atoms with Crippen LogP contribution in [0.15, 0.2) is 30.3 Å². The predicted molar refractivity (Wildman–Crippen MR) is 101 cm³/mol. The van der Waals surface area contributed by atoms with E-state index in [1.54, 1.807) is 36.0 Å². The summed E-state index contributed by atoms with van der Waals surface area (Å²) >= 11 is 0. The Morgan fingerprint density at radius 2 is 1.81 bits per heavy atom. The summed E-state index contributed by atoms with van der Waals surface area (Å²) < 4.78 is 5.36. The summed E-state index contributed by atoms with van der Waals surface area (Å²) in [5.74, 6) is 0.211. The van der Waals surface area contributed by atoms with Crippen LogP contribution in [-0.4, -0.2) is 92.4 Å². The van der Waals surface area contributed by atoms with Crippen molar-refractivity contribution in [1.82, 2.24) is 20.0 Å². The Morgan fingerprint density at radius 1 is 1.07 bits per heavy atom. The van der Waals surface area contributed by atoms with E-state index in [0.717, 1.165) is 13.0 Å². The topological polar surface area (TPSA) is 82.2 Å². The molecule has 8 heteroatoms. The van der Waals surface area contributed by atoms with Crippen LogP contribution in [0, 0.1) is 0 Å². The second-order valence-electron chi connectivity index (χ2n) is 6.68. The lowest BCUT2D eigenvalue weighted by Crippen LogP contribution is -2.43. The van der Waals surface area contributed by atoms with E-state index in [9.17, 15) is 14.4 Å². The van der Waals surface area contributed by atoms with E-state index in [1.807, 2.05) is 18.2 Å². The van der Waals surface area contributed by atoms with Crippen LogP contribution in [0.5, 0.6) is 5.75 Å². The zero-order valence-electron chi connectivity index (χ0n) is 16.0. The number of amides is 3.